The van der Waals surface area contributed by atoms with Crippen LogP contribution in [0.4, 0.5) is 0 Å². The maximum absolute atomic E-state index is 9.91. The molecule has 0 amide bonds. The van der Waals surface area contributed by atoms with Crippen LogP contribution in [0.3, 0.4) is 0 Å². The molecule has 1 aromatic rings. The first-order valence-electron chi connectivity index (χ1n) is 4.61. The first-order chi connectivity index (χ1) is 6.20. The van der Waals surface area contributed by atoms with Crippen LogP contribution in [-0.2, 0) is 0 Å². The van der Waals surface area contributed by atoms with Gasteiger partial charge in [0.2, 0.25) is 0 Å². The molecule has 0 bridgehead atoms. The zero-order chi connectivity index (χ0) is 9.84. The Morgan fingerprint density at radius 3 is 2.46 bits per heavy atom. The molecule has 1 rings (SSSR count). The van der Waals surface area contributed by atoms with Gasteiger partial charge >= 0.3 is 0 Å². The summed E-state index contributed by atoms with van der Waals surface area (Å²) >= 11 is 5.77. The molecular weight excluding hydrogens is 188 g/mol. The van der Waals surface area contributed by atoms with Crippen LogP contribution < -0.4 is 0 Å². The predicted molar refractivity (Wildman–Crippen MR) is 52.7 cm³/mol. The monoisotopic (exact) mass is 202 g/mol. The molecule has 74 valence electrons. The van der Waals surface area contributed by atoms with E-state index in [1.807, 2.05) is 0 Å². The molecule has 0 fully saturated rings. The van der Waals surface area contributed by atoms with Crippen LogP contribution in [0.2, 0.25) is 5.22 Å². The number of aliphatic hydroxyl groups is 1. The minimum Gasteiger partial charge on any atom is -0.453 e. The summed E-state index contributed by atoms with van der Waals surface area (Å²) in [5.74, 6) is 0.259. The second kappa shape index (κ2) is 4.68. The minimum absolute atomic E-state index is 0.259. The van der Waals surface area contributed by atoms with E-state index in [4.69, 9.17) is 16.0 Å². The number of halogens is 1. The number of aliphatic hydroxyl groups excluding tert-OH is 1. The maximum atomic E-state index is 9.91. The lowest BCUT2D eigenvalue weighted by atomic mass is 9.93. The van der Waals surface area contributed by atoms with Crippen LogP contribution in [0.15, 0.2) is 16.7 Å². The third kappa shape index (κ3) is 2.26. The van der Waals surface area contributed by atoms with Gasteiger partial charge in [-0.2, -0.15) is 0 Å². The predicted octanol–water partition coefficient (Wildman–Crippen LogP) is 3.40. The molecule has 0 radical (unpaired) electrons. The van der Waals surface area contributed by atoms with Gasteiger partial charge in [-0.1, -0.05) is 26.7 Å². The Morgan fingerprint density at radius 1 is 1.46 bits per heavy atom. The smallest absolute Gasteiger partial charge is 0.198 e. The number of furan rings is 1. The molecule has 0 saturated carbocycles. The average Bonchev–Trinajstić information content (AvgIpc) is 2.53. The molecule has 1 unspecified atom stereocenters. The molecule has 0 spiro atoms. The van der Waals surface area contributed by atoms with Gasteiger partial charge in [0.1, 0.15) is 0 Å². The lowest BCUT2D eigenvalue weighted by Crippen LogP contribution is -2.10. The highest BCUT2D eigenvalue weighted by Crippen LogP contribution is 2.32. The number of hydrogen-bond acceptors (Lipinski definition) is 2. The van der Waals surface area contributed by atoms with Gasteiger partial charge in [-0.15, -0.1) is 0 Å². The second-order valence-corrected chi connectivity index (χ2v) is 3.51. The Kier molecular flexibility index (Phi) is 3.82. The van der Waals surface area contributed by atoms with Gasteiger partial charge in [0.05, 0.1) is 12.4 Å². The normalized spacial score (nSPS) is 13.6. The molecule has 1 heterocycles. The van der Waals surface area contributed by atoms with Crippen molar-refractivity contribution in [3.63, 3.8) is 0 Å². The van der Waals surface area contributed by atoms with Gasteiger partial charge in [-0.05, 0) is 23.6 Å². The van der Waals surface area contributed by atoms with E-state index in [1.165, 1.54) is 6.26 Å². The van der Waals surface area contributed by atoms with Gasteiger partial charge in [0.25, 0.3) is 0 Å². The van der Waals surface area contributed by atoms with Crippen molar-refractivity contribution in [3.8, 4) is 0 Å². The van der Waals surface area contributed by atoms with Gasteiger partial charge < -0.3 is 9.52 Å². The molecular formula is C10H15ClO2. The standard InChI is InChI=1S/C10H15ClO2/c1-3-7(4-2)9(12)8-5-6-13-10(8)11/h5-7,9,12H,3-4H2,1-2H3. The van der Waals surface area contributed by atoms with Gasteiger partial charge in [-0.25, -0.2) is 0 Å². The third-order valence-electron chi connectivity index (χ3n) is 2.46. The van der Waals surface area contributed by atoms with Crippen LogP contribution in [0.5, 0.6) is 0 Å². The Balaban J connectivity index is 2.77. The van der Waals surface area contributed by atoms with Crippen molar-refractivity contribution in [2.75, 3.05) is 0 Å². The fourth-order valence-corrected chi connectivity index (χ4v) is 1.73. The number of hydrogen-bond donors (Lipinski definition) is 1. The van der Waals surface area contributed by atoms with Crippen molar-refractivity contribution < 1.29 is 9.52 Å². The van der Waals surface area contributed by atoms with Crippen LogP contribution in [-0.4, -0.2) is 5.11 Å². The first-order valence-corrected chi connectivity index (χ1v) is 4.99. The number of rotatable bonds is 4. The maximum Gasteiger partial charge on any atom is 0.198 e. The van der Waals surface area contributed by atoms with Crippen molar-refractivity contribution in [1.29, 1.82) is 0 Å². The zero-order valence-corrected chi connectivity index (χ0v) is 8.71. The van der Waals surface area contributed by atoms with Crippen LogP contribution in [0.25, 0.3) is 0 Å². The SMILES string of the molecule is CCC(CC)C(O)c1ccoc1Cl. The van der Waals surface area contributed by atoms with Crippen LogP contribution >= 0.6 is 11.6 Å². The van der Waals surface area contributed by atoms with E-state index in [1.54, 1.807) is 6.07 Å². The lowest BCUT2D eigenvalue weighted by Gasteiger charge is -2.18. The highest BCUT2D eigenvalue weighted by molar-refractivity contribution is 6.29. The molecule has 0 saturated heterocycles. The Labute approximate surface area is 83.5 Å². The summed E-state index contributed by atoms with van der Waals surface area (Å²) in [7, 11) is 0. The second-order valence-electron chi connectivity index (χ2n) is 3.17. The van der Waals surface area contributed by atoms with E-state index in [-0.39, 0.29) is 5.92 Å². The fourth-order valence-electron chi connectivity index (χ4n) is 1.50. The summed E-state index contributed by atoms with van der Waals surface area (Å²) in [6.07, 6.45) is 2.89. The Bertz CT molecular complexity index is 253. The molecule has 0 aliphatic rings. The molecule has 1 aromatic heterocycles. The van der Waals surface area contributed by atoms with Crippen LogP contribution in [0, 0.1) is 5.92 Å². The van der Waals surface area contributed by atoms with E-state index in [0.717, 1.165) is 12.8 Å². The van der Waals surface area contributed by atoms with Crippen molar-refractivity contribution in [1.82, 2.24) is 0 Å². The topological polar surface area (TPSA) is 33.4 Å². The summed E-state index contributed by atoms with van der Waals surface area (Å²) in [6.45, 7) is 4.12. The molecule has 13 heavy (non-hydrogen) atoms. The minimum atomic E-state index is -0.499. The average molecular weight is 203 g/mol. The molecule has 0 aromatic carbocycles. The zero-order valence-electron chi connectivity index (χ0n) is 7.96. The fraction of sp³-hybridized carbons (Fsp3) is 0.600. The van der Waals surface area contributed by atoms with Crippen molar-refractivity contribution in [2.45, 2.75) is 32.8 Å². The third-order valence-corrected chi connectivity index (χ3v) is 2.77. The van der Waals surface area contributed by atoms with E-state index in [0.29, 0.717) is 10.8 Å². The quantitative estimate of drug-likeness (QED) is 0.812. The van der Waals surface area contributed by atoms with E-state index in [2.05, 4.69) is 13.8 Å². The summed E-state index contributed by atoms with van der Waals surface area (Å²) < 4.78 is 4.93. The summed E-state index contributed by atoms with van der Waals surface area (Å²) in [4.78, 5) is 0. The Hall–Kier alpha value is -0.470. The van der Waals surface area contributed by atoms with Crippen LogP contribution in [0.1, 0.15) is 38.4 Å². The van der Waals surface area contributed by atoms with Crippen molar-refractivity contribution >= 4 is 11.6 Å². The molecule has 0 aliphatic carbocycles. The molecule has 1 N–H and O–H groups in total. The summed E-state index contributed by atoms with van der Waals surface area (Å²) in [5.41, 5.74) is 0.704. The highest BCUT2D eigenvalue weighted by atomic mass is 35.5. The van der Waals surface area contributed by atoms with E-state index in [9.17, 15) is 5.11 Å². The van der Waals surface area contributed by atoms with Crippen molar-refractivity contribution in [3.05, 3.63) is 23.1 Å². The van der Waals surface area contributed by atoms with Gasteiger partial charge in [0.15, 0.2) is 5.22 Å². The van der Waals surface area contributed by atoms with E-state index < -0.39 is 6.10 Å². The largest absolute Gasteiger partial charge is 0.453 e. The van der Waals surface area contributed by atoms with Gasteiger partial charge in [0, 0.05) is 5.56 Å². The molecule has 0 aliphatic heterocycles. The highest BCUT2D eigenvalue weighted by Gasteiger charge is 2.21. The first kappa shape index (κ1) is 10.6. The van der Waals surface area contributed by atoms with Gasteiger partial charge in [-0.3, -0.25) is 0 Å². The molecule has 2 nitrogen and oxygen atoms in total. The molecule has 1 atom stereocenters. The lowest BCUT2D eigenvalue weighted by molar-refractivity contribution is 0.103. The van der Waals surface area contributed by atoms with E-state index >= 15 is 0 Å². The molecule has 3 heteroatoms. The Morgan fingerprint density at radius 2 is 2.08 bits per heavy atom. The van der Waals surface area contributed by atoms with Crippen molar-refractivity contribution in [2.24, 2.45) is 5.92 Å². The summed E-state index contributed by atoms with van der Waals surface area (Å²) in [5, 5.41) is 10.2. The summed E-state index contributed by atoms with van der Waals surface area (Å²) in [6, 6.07) is 1.73.